The number of anilines is 1. The molecule has 6 rings (SSSR count). The van der Waals surface area contributed by atoms with E-state index in [2.05, 4.69) is 17.1 Å². The number of thioether (sulfide) groups is 1. The first-order valence-electron chi connectivity index (χ1n) is 13.1. The Morgan fingerprint density at radius 1 is 1.28 bits per heavy atom. The number of carboxylic acid groups (broad SMARTS) is 1. The topological polar surface area (TPSA) is 91.8 Å². The summed E-state index contributed by atoms with van der Waals surface area (Å²) in [4.78, 5) is 31.5. The molecule has 36 heavy (non-hydrogen) atoms. The van der Waals surface area contributed by atoms with Gasteiger partial charge in [-0.15, -0.1) is 11.8 Å². The summed E-state index contributed by atoms with van der Waals surface area (Å²) >= 11 is 1.56. The summed E-state index contributed by atoms with van der Waals surface area (Å²) in [5.41, 5.74) is -0.184. The van der Waals surface area contributed by atoms with Crippen LogP contribution in [0, 0.1) is 23.7 Å². The van der Waals surface area contributed by atoms with Crippen LogP contribution in [-0.4, -0.2) is 59.1 Å². The molecule has 2 N–H and O–H groups in total. The normalized spacial score (nSPS) is 32.9. The fourth-order valence-corrected chi connectivity index (χ4v) is 8.16. The first kappa shape index (κ1) is 25.7. The third-order valence-electron chi connectivity index (χ3n) is 8.46. The number of alkyl halides is 2. The van der Waals surface area contributed by atoms with Crippen molar-refractivity contribution in [3.8, 4) is 0 Å². The zero-order chi connectivity index (χ0) is 25.4. The molecule has 198 valence electrons. The Morgan fingerprint density at radius 3 is 2.69 bits per heavy atom. The molecule has 1 aromatic rings. The van der Waals surface area contributed by atoms with E-state index in [9.17, 15) is 18.4 Å². The number of hydrogen-bond donors (Lipinski definition) is 2. The maximum atomic E-state index is 13.5. The van der Waals surface area contributed by atoms with Crippen molar-refractivity contribution in [2.24, 2.45) is 23.7 Å². The Kier molecular flexibility index (Phi) is 7.45. The highest BCUT2D eigenvalue weighted by atomic mass is 32.2. The number of ether oxygens (including phenoxy) is 1. The predicted octanol–water partition coefficient (Wildman–Crippen LogP) is 4.80. The van der Waals surface area contributed by atoms with E-state index < -0.39 is 18.2 Å². The molecule has 3 atom stereocenters. The number of aromatic nitrogens is 1. The van der Waals surface area contributed by atoms with Crippen molar-refractivity contribution in [3.63, 3.8) is 0 Å². The predicted molar refractivity (Wildman–Crippen MR) is 132 cm³/mol. The number of nitrogens with one attached hydrogen (secondary N) is 1. The number of halogens is 2. The number of carboxylic acids is 1. The van der Waals surface area contributed by atoms with Crippen LogP contribution >= 0.6 is 11.8 Å². The van der Waals surface area contributed by atoms with E-state index in [1.165, 1.54) is 0 Å². The van der Waals surface area contributed by atoms with Crippen LogP contribution in [0.3, 0.4) is 0 Å². The van der Waals surface area contributed by atoms with Gasteiger partial charge in [-0.1, -0.05) is 6.92 Å². The molecule has 1 aliphatic heterocycles. The largest absolute Gasteiger partial charge is 0.481 e. The summed E-state index contributed by atoms with van der Waals surface area (Å²) in [6.07, 6.45) is 5.69. The second-order valence-electron chi connectivity index (χ2n) is 11.1. The van der Waals surface area contributed by atoms with Gasteiger partial charge in [-0.2, -0.15) is 8.78 Å². The van der Waals surface area contributed by atoms with Crippen LogP contribution < -0.4 is 10.2 Å². The fraction of sp³-hybridized carbons (Fsp3) is 0.731. The van der Waals surface area contributed by atoms with E-state index in [4.69, 9.17) is 14.8 Å². The second kappa shape index (κ2) is 10.4. The van der Waals surface area contributed by atoms with Crippen molar-refractivity contribution in [2.75, 3.05) is 23.7 Å². The van der Waals surface area contributed by atoms with Gasteiger partial charge in [-0.05, 0) is 86.5 Å². The van der Waals surface area contributed by atoms with Gasteiger partial charge >= 0.3 is 12.6 Å². The van der Waals surface area contributed by atoms with E-state index in [1.807, 2.05) is 12.1 Å². The van der Waals surface area contributed by atoms with E-state index in [1.54, 1.807) is 11.8 Å². The SMILES string of the molecule is CCCSc1nc(N2CC[C@H](CC(=O)O)C2)ccc1C(=O)N[C@H]1C2CC3CC1C[C@](OC(F)F)(C3)C2. The molecular weight excluding hydrogens is 488 g/mol. The molecule has 0 spiro atoms. The Hall–Kier alpha value is -1.94. The van der Waals surface area contributed by atoms with Crippen LogP contribution in [-0.2, 0) is 9.53 Å². The van der Waals surface area contributed by atoms with Crippen molar-refractivity contribution in [1.29, 1.82) is 0 Å². The number of rotatable bonds is 10. The average Bonchev–Trinajstić information content (AvgIpc) is 3.26. The summed E-state index contributed by atoms with van der Waals surface area (Å²) < 4.78 is 31.4. The molecule has 4 saturated carbocycles. The van der Waals surface area contributed by atoms with E-state index >= 15 is 0 Å². The van der Waals surface area contributed by atoms with E-state index in [0.717, 1.165) is 43.8 Å². The summed E-state index contributed by atoms with van der Waals surface area (Å²) in [7, 11) is 0. The van der Waals surface area contributed by atoms with Crippen LogP contribution in [0.1, 0.15) is 68.6 Å². The Morgan fingerprint density at radius 2 is 2.03 bits per heavy atom. The average molecular weight is 524 g/mol. The maximum Gasteiger partial charge on any atom is 0.345 e. The highest BCUT2D eigenvalue weighted by Crippen LogP contribution is 2.57. The molecule has 4 bridgehead atoms. The Balaban J connectivity index is 1.30. The zero-order valence-corrected chi connectivity index (χ0v) is 21.4. The van der Waals surface area contributed by atoms with Crippen LogP contribution in [0.2, 0.25) is 0 Å². The highest BCUT2D eigenvalue weighted by Gasteiger charge is 2.57. The fourth-order valence-electron chi connectivity index (χ4n) is 7.29. The van der Waals surface area contributed by atoms with Crippen molar-refractivity contribution in [1.82, 2.24) is 10.3 Å². The van der Waals surface area contributed by atoms with Crippen LogP contribution in [0.5, 0.6) is 0 Å². The van der Waals surface area contributed by atoms with E-state index in [-0.39, 0.29) is 36.1 Å². The quantitative estimate of drug-likeness (QED) is 0.426. The molecule has 0 aromatic carbocycles. The molecule has 0 radical (unpaired) electrons. The lowest BCUT2D eigenvalue weighted by Gasteiger charge is -2.59. The van der Waals surface area contributed by atoms with Gasteiger partial charge in [0.1, 0.15) is 10.8 Å². The molecule has 1 amide bonds. The number of pyridine rings is 1. The molecule has 1 saturated heterocycles. The molecule has 2 unspecified atom stereocenters. The minimum atomic E-state index is -2.76. The summed E-state index contributed by atoms with van der Waals surface area (Å²) in [5, 5.41) is 13.1. The summed E-state index contributed by atoms with van der Waals surface area (Å²) in [6.45, 7) is 0.729. The van der Waals surface area contributed by atoms with Crippen molar-refractivity contribution >= 4 is 29.5 Å². The van der Waals surface area contributed by atoms with Crippen LogP contribution in [0.4, 0.5) is 14.6 Å². The monoisotopic (exact) mass is 523 g/mol. The van der Waals surface area contributed by atoms with E-state index in [0.29, 0.717) is 42.3 Å². The lowest BCUT2D eigenvalue weighted by atomic mass is 9.52. The lowest BCUT2D eigenvalue weighted by Crippen LogP contribution is -2.62. The highest BCUT2D eigenvalue weighted by molar-refractivity contribution is 7.99. The first-order valence-corrected chi connectivity index (χ1v) is 14.1. The second-order valence-corrected chi connectivity index (χ2v) is 12.2. The van der Waals surface area contributed by atoms with Gasteiger partial charge in [0.2, 0.25) is 0 Å². The molecule has 2 heterocycles. The number of carbonyl (C=O) groups excluding carboxylic acids is 1. The third-order valence-corrected chi connectivity index (χ3v) is 9.66. The van der Waals surface area contributed by atoms with Gasteiger partial charge in [0.15, 0.2) is 0 Å². The third kappa shape index (κ3) is 5.35. The number of amides is 1. The Bertz CT molecular complexity index is 976. The zero-order valence-electron chi connectivity index (χ0n) is 20.6. The standard InChI is InChI=1S/C26H35F2N3O4S/c1-2-7-36-24-19(3-4-20(29-24)31-6-5-15(14-31)10-21(32)33)23(34)30-22-17-8-16-9-18(22)13-26(11-16,12-17)35-25(27)28/h3-4,15-18,22,25H,2,5-14H2,1H3,(H,30,34)(H,32,33)/t15-,16?,17?,18?,22-,26-/m1/s1. The van der Waals surface area contributed by atoms with Crippen molar-refractivity contribution in [2.45, 2.75) is 81.6 Å². The number of aliphatic carboxylic acids is 1. The number of carbonyl (C=O) groups is 2. The molecule has 5 fully saturated rings. The van der Waals surface area contributed by atoms with Crippen LogP contribution in [0.15, 0.2) is 17.2 Å². The maximum absolute atomic E-state index is 13.5. The minimum absolute atomic E-state index is 0.0255. The Labute approximate surface area is 214 Å². The summed E-state index contributed by atoms with van der Waals surface area (Å²) in [5.74, 6) is 1.50. The van der Waals surface area contributed by atoms with Crippen molar-refractivity contribution < 1.29 is 28.2 Å². The molecular formula is C26H35F2N3O4S. The molecule has 10 heteroatoms. The molecule has 4 aliphatic carbocycles. The molecule has 7 nitrogen and oxygen atoms in total. The van der Waals surface area contributed by atoms with Crippen LogP contribution in [0.25, 0.3) is 0 Å². The van der Waals surface area contributed by atoms with Gasteiger partial charge in [0, 0.05) is 25.6 Å². The van der Waals surface area contributed by atoms with Gasteiger partial charge < -0.3 is 20.1 Å². The first-order chi connectivity index (χ1) is 17.2. The lowest BCUT2D eigenvalue weighted by molar-refractivity contribution is -0.260. The molecule has 5 aliphatic rings. The van der Waals surface area contributed by atoms with Gasteiger partial charge in [-0.25, -0.2) is 4.98 Å². The number of nitrogens with zero attached hydrogens (tertiary/aromatic N) is 2. The van der Waals surface area contributed by atoms with Crippen molar-refractivity contribution in [3.05, 3.63) is 17.7 Å². The molecule has 1 aromatic heterocycles. The minimum Gasteiger partial charge on any atom is -0.481 e. The van der Waals surface area contributed by atoms with Gasteiger partial charge in [0.05, 0.1) is 11.2 Å². The smallest absolute Gasteiger partial charge is 0.345 e. The van der Waals surface area contributed by atoms with Gasteiger partial charge in [0.25, 0.3) is 5.91 Å². The van der Waals surface area contributed by atoms with Gasteiger partial charge in [-0.3, -0.25) is 9.59 Å². The number of hydrogen-bond acceptors (Lipinski definition) is 6. The summed E-state index contributed by atoms with van der Waals surface area (Å²) in [6, 6.07) is 3.66.